The zero-order chi connectivity index (χ0) is 16.9. The van der Waals surface area contributed by atoms with Gasteiger partial charge in [0.25, 0.3) is 0 Å². The number of aromatic nitrogens is 4. The van der Waals surface area contributed by atoms with Crippen LogP contribution in [0.1, 0.15) is 5.56 Å². The minimum atomic E-state index is 0.0570. The van der Waals surface area contributed by atoms with Crippen molar-refractivity contribution in [3.8, 4) is 29.5 Å². The highest BCUT2D eigenvalue weighted by atomic mass is 35.5. The third-order valence-corrected chi connectivity index (χ3v) is 3.09. The number of hydrogen-bond acceptors (Lipinski definition) is 7. The molecular weight excluding hydrogens is 353 g/mol. The third kappa shape index (κ3) is 3.68. The Balaban J connectivity index is 1.95. The van der Waals surface area contributed by atoms with Gasteiger partial charge in [0.15, 0.2) is 11.5 Å². The van der Waals surface area contributed by atoms with Crippen molar-refractivity contribution in [2.45, 2.75) is 0 Å². The molecule has 0 saturated heterocycles. The number of para-hydroxylation sites is 1. The first-order valence-corrected chi connectivity index (χ1v) is 7.25. The topological polar surface area (TPSA) is 93.8 Å². The molecule has 2 aromatic heterocycles. The lowest BCUT2D eigenvalue weighted by Gasteiger charge is -2.11. The van der Waals surface area contributed by atoms with E-state index in [1.165, 1.54) is 24.8 Å². The van der Waals surface area contributed by atoms with Crippen LogP contribution in [0.5, 0.6) is 23.4 Å². The van der Waals surface area contributed by atoms with Gasteiger partial charge in [0.2, 0.25) is 5.88 Å². The normalized spacial score (nSPS) is 10.0. The Morgan fingerprint density at radius 3 is 2.38 bits per heavy atom. The van der Waals surface area contributed by atoms with Crippen LogP contribution in [0.2, 0.25) is 10.2 Å². The number of benzene rings is 1. The molecule has 0 fully saturated rings. The first-order chi connectivity index (χ1) is 11.7. The lowest BCUT2D eigenvalue weighted by Crippen LogP contribution is -1.97. The van der Waals surface area contributed by atoms with Crippen LogP contribution in [0.25, 0.3) is 0 Å². The summed E-state index contributed by atoms with van der Waals surface area (Å²) in [6, 6.07) is 6.91. The summed E-state index contributed by atoms with van der Waals surface area (Å²) in [5, 5.41) is 9.88. The van der Waals surface area contributed by atoms with Gasteiger partial charge < -0.3 is 9.47 Å². The quantitative estimate of drug-likeness (QED) is 0.693. The number of ether oxygens (including phenoxy) is 2. The maximum absolute atomic E-state index is 9.28. The van der Waals surface area contributed by atoms with E-state index in [9.17, 15) is 5.26 Å². The van der Waals surface area contributed by atoms with Gasteiger partial charge in [0, 0.05) is 0 Å². The predicted molar refractivity (Wildman–Crippen MR) is 85.4 cm³/mol. The van der Waals surface area contributed by atoms with Crippen LogP contribution in [0, 0.1) is 11.3 Å². The maximum atomic E-state index is 9.28. The van der Waals surface area contributed by atoms with E-state index in [0.717, 1.165) is 0 Å². The molecule has 1 aromatic carbocycles. The molecule has 0 amide bonds. The highest BCUT2D eigenvalue weighted by molar-refractivity contribution is 6.30. The Labute approximate surface area is 146 Å². The summed E-state index contributed by atoms with van der Waals surface area (Å²) < 4.78 is 11.2. The molecule has 0 unspecified atom stereocenters. The molecule has 0 N–H and O–H groups in total. The molecule has 2 heterocycles. The second-order valence-electron chi connectivity index (χ2n) is 4.31. The highest BCUT2D eigenvalue weighted by Gasteiger charge is 2.15. The van der Waals surface area contributed by atoms with Gasteiger partial charge in [0.1, 0.15) is 11.2 Å². The summed E-state index contributed by atoms with van der Waals surface area (Å²) in [5.41, 5.74) is 0.248. The van der Waals surface area contributed by atoms with Crippen LogP contribution in [0.4, 0.5) is 0 Å². The largest absolute Gasteiger partial charge is 0.432 e. The van der Waals surface area contributed by atoms with Crippen molar-refractivity contribution < 1.29 is 9.47 Å². The van der Waals surface area contributed by atoms with Gasteiger partial charge in [-0.2, -0.15) is 5.26 Å². The second-order valence-corrected chi connectivity index (χ2v) is 5.13. The number of hydrogen-bond donors (Lipinski definition) is 0. The van der Waals surface area contributed by atoms with Crippen LogP contribution in [-0.4, -0.2) is 19.9 Å². The zero-order valence-corrected chi connectivity index (χ0v) is 13.4. The molecule has 9 heteroatoms. The van der Waals surface area contributed by atoms with Crippen LogP contribution < -0.4 is 9.47 Å². The zero-order valence-electron chi connectivity index (χ0n) is 11.8. The summed E-state index contributed by atoms with van der Waals surface area (Å²) in [5.74, 6) is 0.562. The SMILES string of the molecule is N#Cc1cccc(Oc2ncc(Cl)cn2)c1Oc1cnc(Cl)cn1. The van der Waals surface area contributed by atoms with E-state index in [1.54, 1.807) is 18.2 Å². The van der Waals surface area contributed by atoms with E-state index >= 15 is 0 Å². The molecule has 24 heavy (non-hydrogen) atoms. The molecule has 0 aliphatic rings. The minimum absolute atomic E-state index is 0.0570. The summed E-state index contributed by atoms with van der Waals surface area (Å²) in [6.07, 6.45) is 5.44. The van der Waals surface area contributed by atoms with Gasteiger partial charge in [-0.3, -0.25) is 0 Å². The smallest absolute Gasteiger partial charge is 0.322 e. The van der Waals surface area contributed by atoms with Gasteiger partial charge in [-0.15, -0.1) is 0 Å². The Hall–Kier alpha value is -2.95. The van der Waals surface area contributed by atoms with E-state index in [1.807, 2.05) is 6.07 Å². The monoisotopic (exact) mass is 359 g/mol. The first kappa shape index (κ1) is 15.9. The molecule has 0 aliphatic heterocycles. The number of rotatable bonds is 4. The summed E-state index contributed by atoms with van der Waals surface area (Å²) >= 11 is 11.4. The molecule has 118 valence electrons. The van der Waals surface area contributed by atoms with Crippen LogP contribution in [0.3, 0.4) is 0 Å². The van der Waals surface area contributed by atoms with Crippen molar-refractivity contribution >= 4 is 23.2 Å². The Morgan fingerprint density at radius 1 is 0.917 bits per heavy atom. The van der Waals surface area contributed by atoms with Crippen molar-refractivity contribution in [3.05, 3.63) is 58.7 Å². The van der Waals surface area contributed by atoms with Gasteiger partial charge in [-0.25, -0.2) is 19.9 Å². The third-order valence-electron chi connectivity index (χ3n) is 2.70. The molecule has 0 atom stereocenters. The Bertz CT molecular complexity index is 895. The molecule has 7 nitrogen and oxygen atoms in total. The van der Waals surface area contributed by atoms with Crippen molar-refractivity contribution in [3.63, 3.8) is 0 Å². The van der Waals surface area contributed by atoms with Crippen molar-refractivity contribution in [2.24, 2.45) is 0 Å². The second kappa shape index (κ2) is 7.08. The average molecular weight is 360 g/mol. The molecule has 0 spiro atoms. The van der Waals surface area contributed by atoms with Crippen LogP contribution in [0.15, 0.2) is 43.0 Å². The van der Waals surface area contributed by atoms with Crippen LogP contribution >= 0.6 is 23.2 Å². The fraction of sp³-hybridized carbons (Fsp3) is 0. The standard InChI is InChI=1S/C15H7Cl2N5O2/c16-10-5-21-15(22-6-10)23-11-3-1-2-9(4-18)14(11)24-13-8-19-12(17)7-20-13/h1-3,5-8H. The molecule has 0 aliphatic carbocycles. The van der Waals surface area contributed by atoms with E-state index in [2.05, 4.69) is 19.9 Å². The maximum Gasteiger partial charge on any atom is 0.322 e. The minimum Gasteiger partial charge on any atom is -0.432 e. The first-order valence-electron chi connectivity index (χ1n) is 6.49. The summed E-state index contributed by atoms with van der Waals surface area (Å²) in [4.78, 5) is 15.7. The predicted octanol–water partition coefficient (Wildman–Crippen LogP) is 4.03. The van der Waals surface area contributed by atoms with Gasteiger partial charge in [-0.05, 0) is 12.1 Å². The Kier molecular flexibility index (Phi) is 4.70. The molecule has 3 aromatic rings. The van der Waals surface area contributed by atoms with E-state index in [-0.39, 0.29) is 34.1 Å². The molecule has 3 rings (SSSR count). The van der Waals surface area contributed by atoms with E-state index in [4.69, 9.17) is 32.7 Å². The molecule has 0 bridgehead atoms. The number of nitriles is 1. The van der Waals surface area contributed by atoms with Gasteiger partial charge >= 0.3 is 6.01 Å². The average Bonchev–Trinajstić information content (AvgIpc) is 2.60. The van der Waals surface area contributed by atoms with Gasteiger partial charge in [0.05, 0.1) is 35.4 Å². The van der Waals surface area contributed by atoms with Crippen molar-refractivity contribution in [2.75, 3.05) is 0 Å². The fourth-order valence-corrected chi connectivity index (χ4v) is 1.89. The molecule has 0 radical (unpaired) electrons. The molecule has 0 saturated carbocycles. The number of nitrogens with zero attached hydrogens (tertiary/aromatic N) is 5. The number of halogens is 2. The van der Waals surface area contributed by atoms with Crippen molar-refractivity contribution in [1.82, 2.24) is 19.9 Å². The molecular formula is C15H7Cl2N5O2. The van der Waals surface area contributed by atoms with Crippen molar-refractivity contribution in [1.29, 1.82) is 5.26 Å². The van der Waals surface area contributed by atoms with Crippen LogP contribution in [-0.2, 0) is 0 Å². The Morgan fingerprint density at radius 2 is 1.71 bits per heavy atom. The van der Waals surface area contributed by atoms with E-state index < -0.39 is 0 Å². The van der Waals surface area contributed by atoms with Gasteiger partial charge in [-0.1, -0.05) is 29.3 Å². The fourth-order valence-electron chi connectivity index (χ4n) is 1.70. The lowest BCUT2D eigenvalue weighted by atomic mass is 10.2. The lowest BCUT2D eigenvalue weighted by molar-refractivity contribution is 0.390. The summed E-state index contributed by atoms with van der Waals surface area (Å²) in [7, 11) is 0. The highest BCUT2D eigenvalue weighted by Crippen LogP contribution is 2.36. The van der Waals surface area contributed by atoms with E-state index in [0.29, 0.717) is 5.02 Å². The summed E-state index contributed by atoms with van der Waals surface area (Å²) in [6.45, 7) is 0.